The van der Waals surface area contributed by atoms with E-state index in [2.05, 4.69) is 4.65 Å². The average molecular weight is 290 g/mol. The van der Waals surface area contributed by atoms with E-state index in [1.54, 1.807) is 12.1 Å². The average Bonchev–Trinajstić information content (AvgIpc) is 2.97. The third-order valence-electron chi connectivity index (χ3n) is 2.80. The van der Waals surface area contributed by atoms with Crippen molar-refractivity contribution in [3.05, 3.63) is 65.8 Å². The Bertz CT molecular complexity index is 620. The molecule has 1 N–H and O–H groups in total. The SMILES string of the molecule is COc1cccc(OB(F)F)c1/C(O)=C/C=C1C=CC=C1. The number of halogens is 2. The minimum Gasteiger partial charge on any atom is -0.507 e. The molecule has 0 bridgehead atoms. The van der Waals surface area contributed by atoms with Crippen molar-refractivity contribution in [2.45, 2.75) is 0 Å². The van der Waals surface area contributed by atoms with Gasteiger partial charge in [0, 0.05) is 0 Å². The second-order valence-corrected chi connectivity index (χ2v) is 4.15. The molecule has 0 aliphatic heterocycles. The minimum absolute atomic E-state index is 0.0862. The summed E-state index contributed by atoms with van der Waals surface area (Å²) >= 11 is 0. The first-order valence-electron chi connectivity index (χ1n) is 6.19. The van der Waals surface area contributed by atoms with Crippen LogP contribution >= 0.6 is 0 Å². The molecular weight excluding hydrogens is 277 g/mol. The molecule has 1 aromatic carbocycles. The van der Waals surface area contributed by atoms with Gasteiger partial charge in [0.05, 0.1) is 12.7 Å². The van der Waals surface area contributed by atoms with Crippen molar-refractivity contribution >= 4 is 13.2 Å². The lowest BCUT2D eigenvalue weighted by Gasteiger charge is -2.13. The number of ether oxygens (including phenoxy) is 1. The molecule has 0 fully saturated rings. The summed E-state index contributed by atoms with van der Waals surface area (Å²) in [5.41, 5.74) is 0.968. The zero-order valence-electron chi connectivity index (χ0n) is 11.3. The summed E-state index contributed by atoms with van der Waals surface area (Å²) in [5, 5.41) is 10.1. The quantitative estimate of drug-likeness (QED) is 0.659. The maximum atomic E-state index is 12.4. The van der Waals surface area contributed by atoms with Gasteiger partial charge >= 0.3 is 7.47 Å². The Labute approximate surface area is 121 Å². The highest BCUT2D eigenvalue weighted by atomic mass is 19.2. The standard InChI is InChI=1S/C15H13BF2O3/c1-20-13-7-4-8-14(21-16(17)18)15(13)12(19)10-9-11-5-2-3-6-11/h2-10,19H,1H3/b12-10-. The van der Waals surface area contributed by atoms with Gasteiger partial charge in [-0.25, -0.2) is 8.63 Å². The van der Waals surface area contributed by atoms with Crippen LogP contribution in [-0.4, -0.2) is 19.7 Å². The van der Waals surface area contributed by atoms with Gasteiger partial charge in [0.2, 0.25) is 0 Å². The van der Waals surface area contributed by atoms with Crippen molar-refractivity contribution in [3.8, 4) is 11.5 Å². The molecule has 0 saturated heterocycles. The summed E-state index contributed by atoms with van der Waals surface area (Å²) in [6, 6.07) is 4.41. The Hall–Kier alpha value is -2.50. The monoisotopic (exact) mass is 290 g/mol. The molecule has 0 saturated carbocycles. The molecule has 6 heteroatoms. The first-order valence-corrected chi connectivity index (χ1v) is 6.19. The number of methoxy groups -OCH3 is 1. The Balaban J connectivity index is 2.40. The van der Waals surface area contributed by atoms with E-state index in [4.69, 9.17) is 4.74 Å². The molecular formula is C15H13BF2O3. The summed E-state index contributed by atoms with van der Waals surface area (Å²) in [5.74, 6) is -0.115. The van der Waals surface area contributed by atoms with Gasteiger partial charge in [-0.05, 0) is 23.8 Å². The van der Waals surface area contributed by atoms with Crippen LogP contribution in [0.5, 0.6) is 11.5 Å². The van der Waals surface area contributed by atoms with Crippen LogP contribution in [0.25, 0.3) is 5.76 Å². The van der Waals surface area contributed by atoms with Crippen LogP contribution in [0.3, 0.4) is 0 Å². The van der Waals surface area contributed by atoms with Gasteiger partial charge in [-0.1, -0.05) is 36.4 Å². The Kier molecular flexibility index (Phi) is 4.82. The van der Waals surface area contributed by atoms with E-state index in [0.29, 0.717) is 0 Å². The van der Waals surface area contributed by atoms with Gasteiger partial charge in [-0.2, -0.15) is 0 Å². The van der Waals surface area contributed by atoms with E-state index in [1.807, 2.05) is 24.3 Å². The maximum Gasteiger partial charge on any atom is 0.796 e. The van der Waals surface area contributed by atoms with Crippen molar-refractivity contribution in [1.29, 1.82) is 0 Å². The molecule has 2 rings (SSSR count). The van der Waals surface area contributed by atoms with Crippen molar-refractivity contribution in [2.75, 3.05) is 7.11 Å². The molecule has 0 unspecified atom stereocenters. The molecule has 0 atom stereocenters. The molecule has 108 valence electrons. The Morgan fingerprint density at radius 1 is 1.19 bits per heavy atom. The molecule has 1 aliphatic rings. The number of benzene rings is 1. The highest BCUT2D eigenvalue weighted by Crippen LogP contribution is 2.34. The number of rotatable bonds is 5. The maximum absolute atomic E-state index is 12.4. The first-order chi connectivity index (χ1) is 10.1. The molecule has 1 aromatic rings. The molecule has 3 nitrogen and oxygen atoms in total. The predicted molar refractivity (Wildman–Crippen MR) is 78.6 cm³/mol. The van der Waals surface area contributed by atoms with Gasteiger partial charge in [-0.15, -0.1) is 0 Å². The van der Waals surface area contributed by atoms with Crippen LogP contribution in [0.4, 0.5) is 8.63 Å². The molecule has 0 spiro atoms. The van der Waals surface area contributed by atoms with Crippen molar-refractivity contribution in [2.24, 2.45) is 0 Å². The lowest BCUT2D eigenvalue weighted by atomic mass is 10.1. The second kappa shape index (κ2) is 6.79. The summed E-state index contributed by atoms with van der Waals surface area (Å²) in [6.45, 7) is 0. The minimum atomic E-state index is -2.98. The van der Waals surface area contributed by atoms with Crippen LogP contribution in [0.2, 0.25) is 0 Å². The summed E-state index contributed by atoms with van der Waals surface area (Å²) < 4.78 is 34.4. The highest BCUT2D eigenvalue weighted by molar-refractivity contribution is 6.35. The third-order valence-corrected chi connectivity index (χ3v) is 2.80. The number of hydrogen-bond acceptors (Lipinski definition) is 3. The summed E-state index contributed by atoms with van der Waals surface area (Å²) in [4.78, 5) is 0. The largest absolute Gasteiger partial charge is 0.796 e. The molecule has 0 radical (unpaired) electrons. The topological polar surface area (TPSA) is 38.7 Å². The Morgan fingerprint density at radius 3 is 2.48 bits per heavy atom. The van der Waals surface area contributed by atoms with Gasteiger partial charge in [0.15, 0.2) is 0 Å². The van der Waals surface area contributed by atoms with Crippen molar-refractivity contribution in [1.82, 2.24) is 0 Å². The van der Waals surface area contributed by atoms with Crippen molar-refractivity contribution in [3.63, 3.8) is 0 Å². The first kappa shape index (κ1) is 14.9. The number of aliphatic hydroxyl groups is 1. The second-order valence-electron chi connectivity index (χ2n) is 4.15. The fourth-order valence-electron chi connectivity index (χ4n) is 1.89. The van der Waals surface area contributed by atoms with Crippen LogP contribution in [0.15, 0.2) is 60.2 Å². The Morgan fingerprint density at radius 2 is 1.86 bits per heavy atom. The van der Waals surface area contributed by atoms with E-state index in [1.165, 1.54) is 25.3 Å². The van der Waals surface area contributed by atoms with E-state index < -0.39 is 7.47 Å². The fraction of sp³-hybridized carbons (Fsp3) is 0.0667. The smallest absolute Gasteiger partial charge is 0.507 e. The predicted octanol–water partition coefficient (Wildman–Crippen LogP) is 3.95. The van der Waals surface area contributed by atoms with Gasteiger partial charge in [-0.3, -0.25) is 0 Å². The van der Waals surface area contributed by atoms with Crippen LogP contribution in [0, 0.1) is 0 Å². The van der Waals surface area contributed by atoms with Gasteiger partial charge in [0.25, 0.3) is 0 Å². The normalized spacial score (nSPS) is 13.5. The fourth-order valence-corrected chi connectivity index (χ4v) is 1.89. The van der Waals surface area contributed by atoms with E-state index in [0.717, 1.165) is 5.57 Å². The lowest BCUT2D eigenvalue weighted by molar-refractivity contribution is 0.394. The van der Waals surface area contributed by atoms with E-state index in [9.17, 15) is 13.7 Å². The van der Waals surface area contributed by atoms with E-state index in [-0.39, 0.29) is 22.8 Å². The number of allylic oxidation sites excluding steroid dienone is 7. The zero-order valence-corrected chi connectivity index (χ0v) is 11.3. The third kappa shape index (κ3) is 3.75. The van der Waals surface area contributed by atoms with E-state index >= 15 is 0 Å². The zero-order chi connectivity index (χ0) is 15.2. The molecule has 0 heterocycles. The van der Waals surface area contributed by atoms with Crippen LogP contribution < -0.4 is 9.39 Å². The van der Waals surface area contributed by atoms with Gasteiger partial charge < -0.3 is 14.5 Å². The van der Waals surface area contributed by atoms with Crippen LogP contribution in [-0.2, 0) is 0 Å². The highest BCUT2D eigenvalue weighted by Gasteiger charge is 2.22. The summed E-state index contributed by atoms with van der Waals surface area (Å²) in [7, 11) is -1.60. The number of aliphatic hydroxyl groups excluding tert-OH is 1. The molecule has 1 aliphatic carbocycles. The summed E-state index contributed by atoms with van der Waals surface area (Å²) in [6.07, 6.45) is 10.5. The van der Waals surface area contributed by atoms with Gasteiger partial charge in [0.1, 0.15) is 17.3 Å². The molecule has 0 amide bonds. The number of hydrogen-bond donors (Lipinski definition) is 1. The lowest BCUT2D eigenvalue weighted by Crippen LogP contribution is -2.10. The molecule has 0 aromatic heterocycles. The molecule has 21 heavy (non-hydrogen) atoms. The van der Waals surface area contributed by atoms with Crippen molar-refractivity contribution < 1.29 is 23.1 Å². The van der Waals surface area contributed by atoms with Crippen LogP contribution in [0.1, 0.15) is 5.56 Å².